The minimum absolute atomic E-state index is 0.0643. The average Bonchev–Trinajstić information content (AvgIpc) is 2.27. The van der Waals surface area contributed by atoms with Crippen LogP contribution in [0.4, 0.5) is 0 Å². The smallest absolute Gasteiger partial charge is 0.182 e. The fraction of sp³-hybridized carbons (Fsp3) is 0.500. The maximum Gasteiger partial charge on any atom is 0.182 e. The average molecular weight is 241 g/mol. The SMILES string of the molecule is CNC(C)C(C)S(=O)(=O)c1cccc(C)c1. The highest BCUT2D eigenvalue weighted by molar-refractivity contribution is 7.92. The standard InChI is InChI=1S/C12H19NO2S/c1-9-6-5-7-12(8-9)16(14,15)11(3)10(2)13-4/h5-8,10-11,13H,1-4H3. The zero-order valence-electron chi connectivity index (χ0n) is 10.2. The van der Waals surface area contributed by atoms with Crippen LogP contribution in [0, 0.1) is 6.92 Å². The Morgan fingerprint density at radius 1 is 1.25 bits per heavy atom. The van der Waals surface area contributed by atoms with Gasteiger partial charge in [0.1, 0.15) is 0 Å². The van der Waals surface area contributed by atoms with Crippen molar-refractivity contribution >= 4 is 9.84 Å². The molecule has 2 unspecified atom stereocenters. The van der Waals surface area contributed by atoms with E-state index in [2.05, 4.69) is 5.32 Å². The van der Waals surface area contributed by atoms with Crippen molar-refractivity contribution in [2.45, 2.75) is 37.0 Å². The van der Waals surface area contributed by atoms with Crippen LogP contribution in [0.25, 0.3) is 0 Å². The minimum atomic E-state index is -3.24. The molecule has 4 heteroatoms. The third kappa shape index (κ3) is 2.62. The molecule has 0 fully saturated rings. The van der Waals surface area contributed by atoms with Gasteiger partial charge in [-0.15, -0.1) is 0 Å². The lowest BCUT2D eigenvalue weighted by Crippen LogP contribution is -2.38. The van der Waals surface area contributed by atoms with E-state index >= 15 is 0 Å². The van der Waals surface area contributed by atoms with E-state index in [0.717, 1.165) is 5.56 Å². The summed E-state index contributed by atoms with van der Waals surface area (Å²) in [5, 5.41) is 2.54. The molecule has 2 atom stereocenters. The summed E-state index contributed by atoms with van der Waals surface area (Å²) in [5.74, 6) is 0. The second kappa shape index (κ2) is 4.97. The van der Waals surface area contributed by atoms with Gasteiger partial charge in [0.15, 0.2) is 9.84 Å². The summed E-state index contributed by atoms with van der Waals surface area (Å²) in [6.45, 7) is 5.50. The van der Waals surface area contributed by atoms with Gasteiger partial charge in [-0.1, -0.05) is 12.1 Å². The van der Waals surface area contributed by atoms with Crippen LogP contribution in [0.3, 0.4) is 0 Å². The predicted octanol–water partition coefficient (Wildman–Crippen LogP) is 1.77. The van der Waals surface area contributed by atoms with Crippen LogP contribution in [0.5, 0.6) is 0 Å². The van der Waals surface area contributed by atoms with Gasteiger partial charge in [-0.2, -0.15) is 0 Å². The van der Waals surface area contributed by atoms with Gasteiger partial charge in [0, 0.05) is 6.04 Å². The first kappa shape index (κ1) is 13.2. The first-order valence-electron chi connectivity index (χ1n) is 5.37. The molecular formula is C12H19NO2S. The van der Waals surface area contributed by atoms with Gasteiger partial charge in [-0.3, -0.25) is 0 Å². The van der Waals surface area contributed by atoms with Gasteiger partial charge in [0.2, 0.25) is 0 Å². The first-order valence-corrected chi connectivity index (χ1v) is 6.92. The summed E-state index contributed by atoms with van der Waals surface area (Å²) in [4.78, 5) is 0.405. The molecule has 90 valence electrons. The van der Waals surface area contributed by atoms with E-state index in [9.17, 15) is 8.42 Å². The van der Waals surface area contributed by atoms with Crippen LogP contribution in [-0.2, 0) is 9.84 Å². The predicted molar refractivity (Wildman–Crippen MR) is 66.3 cm³/mol. The maximum absolute atomic E-state index is 12.2. The van der Waals surface area contributed by atoms with Crippen LogP contribution >= 0.6 is 0 Å². The third-order valence-electron chi connectivity index (χ3n) is 2.97. The number of hydrogen-bond acceptors (Lipinski definition) is 3. The lowest BCUT2D eigenvalue weighted by atomic mass is 10.2. The van der Waals surface area contributed by atoms with E-state index in [-0.39, 0.29) is 6.04 Å². The van der Waals surface area contributed by atoms with Crippen LogP contribution in [0.1, 0.15) is 19.4 Å². The zero-order valence-corrected chi connectivity index (χ0v) is 11.0. The number of benzene rings is 1. The van der Waals surface area contributed by atoms with Crippen LogP contribution in [0.2, 0.25) is 0 Å². The Morgan fingerprint density at radius 2 is 1.88 bits per heavy atom. The second-order valence-electron chi connectivity index (χ2n) is 4.14. The van der Waals surface area contributed by atoms with Crippen molar-refractivity contribution in [1.29, 1.82) is 0 Å². The molecule has 0 aliphatic heterocycles. The van der Waals surface area contributed by atoms with Crippen molar-refractivity contribution in [2.75, 3.05) is 7.05 Å². The first-order chi connectivity index (χ1) is 7.39. The van der Waals surface area contributed by atoms with Crippen molar-refractivity contribution in [2.24, 2.45) is 0 Å². The molecule has 0 heterocycles. The summed E-state index contributed by atoms with van der Waals surface area (Å²) in [7, 11) is -1.46. The van der Waals surface area contributed by atoms with Crippen LogP contribution < -0.4 is 5.32 Å². The molecule has 0 radical (unpaired) electrons. The zero-order chi connectivity index (χ0) is 12.3. The molecule has 0 spiro atoms. The van der Waals surface area contributed by atoms with E-state index in [0.29, 0.717) is 4.90 Å². The Bertz CT molecular complexity index is 454. The molecule has 0 aromatic heterocycles. The van der Waals surface area contributed by atoms with E-state index < -0.39 is 15.1 Å². The van der Waals surface area contributed by atoms with Crippen molar-refractivity contribution in [3.8, 4) is 0 Å². The van der Waals surface area contributed by atoms with E-state index in [1.54, 1.807) is 32.2 Å². The fourth-order valence-electron chi connectivity index (χ4n) is 1.51. The monoisotopic (exact) mass is 241 g/mol. The van der Waals surface area contributed by atoms with Crippen molar-refractivity contribution in [1.82, 2.24) is 5.32 Å². The van der Waals surface area contributed by atoms with E-state index in [4.69, 9.17) is 0 Å². The highest BCUT2D eigenvalue weighted by atomic mass is 32.2. The van der Waals surface area contributed by atoms with Gasteiger partial charge < -0.3 is 5.32 Å². The number of nitrogens with one attached hydrogen (secondary N) is 1. The van der Waals surface area contributed by atoms with Gasteiger partial charge in [0.25, 0.3) is 0 Å². The Hall–Kier alpha value is -0.870. The summed E-state index contributed by atoms with van der Waals surface area (Å²) in [6.07, 6.45) is 0. The maximum atomic E-state index is 12.2. The molecule has 0 saturated heterocycles. The van der Waals surface area contributed by atoms with Crippen molar-refractivity contribution in [3.63, 3.8) is 0 Å². The summed E-state index contributed by atoms with van der Waals surface area (Å²) >= 11 is 0. The van der Waals surface area contributed by atoms with Gasteiger partial charge in [-0.25, -0.2) is 8.42 Å². The lowest BCUT2D eigenvalue weighted by Gasteiger charge is -2.19. The molecule has 0 bridgehead atoms. The van der Waals surface area contributed by atoms with Crippen molar-refractivity contribution < 1.29 is 8.42 Å². The van der Waals surface area contributed by atoms with E-state index in [1.807, 2.05) is 19.9 Å². The molecule has 0 aliphatic carbocycles. The van der Waals surface area contributed by atoms with Gasteiger partial charge in [-0.05, 0) is 45.5 Å². The Kier molecular flexibility index (Phi) is 4.10. The molecule has 1 aromatic rings. The molecule has 16 heavy (non-hydrogen) atoms. The third-order valence-corrected chi connectivity index (χ3v) is 5.27. The molecule has 0 saturated carbocycles. The summed E-state index contributed by atoms with van der Waals surface area (Å²) < 4.78 is 24.5. The lowest BCUT2D eigenvalue weighted by molar-refractivity contribution is 0.539. The number of hydrogen-bond donors (Lipinski definition) is 1. The van der Waals surface area contributed by atoms with Crippen LogP contribution in [-0.4, -0.2) is 26.8 Å². The Labute approximate surface area is 97.8 Å². The highest BCUT2D eigenvalue weighted by Gasteiger charge is 2.27. The normalized spacial score (nSPS) is 15.8. The second-order valence-corrected chi connectivity index (χ2v) is 6.45. The quantitative estimate of drug-likeness (QED) is 0.874. The summed E-state index contributed by atoms with van der Waals surface area (Å²) in [5.41, 5.74) is 0.963. The topological polar surface area (TPSA) is 46.2 Å². The largest absolute Gasteiger partial charge is 0.316 e. The van der Waals surface area contributed by atoms with Gasteiger partial charge >= 0.3 is 0 Å². The fourth-order valence-corrected chi connectivity index (χ4v) is 3.23. The Balaban J connectivity index is 3.12. The molecule has 3 nitrogen and oxygen atoms in total. The molecule has 1 rings (SSSR count). The highest BCUT2D eigenvalue weighted by Crippen LogP contribution is 2.19. The molecule has 0 aliphatic rings. The van der Waals surface area contributed by atoms with E-state index in [1.165, 1.54) is 0 Å². The van der Waals surface area contributed by atoms with Gasteiger partial charge in [0.05, 0.1) is 10.1 Å². The molecule has 0 amide bonds. The number of aryl methyl sites for hydroxylation is 1. The van der Waals surface area contributed by atoms with Crippen molar-refractivity contribution in [3.05, 3.63) is 29.8 Å². The molecule has 1 N–H and O–H groups in total. The molecular weight excluding hydrogens is 222 g/mol. The Morgan fingerprint density at radius 3 is 2.38 bits per heavy atom. The van der Waals surface area contributed by atoms with Crippen LogP contribution in [0.15, 0.2) is 29.2 Å². The molecule has 1 aromatic carbocycles. The summed E-state index contributed by atoms with van der Waals surface area (Å²) in [6, 6.07) is 6.98. The number of rotatable bonds is 4. The minimum Gasteiger partial charge on any atom is -0.316 e. The number of sulfone groups is 1.